The average Bonchev–Trinajstić information content (AvgIpc) is 2.63. The monoisotopic (exact) mass is 330 g/mol. The Balaban J connectivity index is 1.56. The summed E-state index contributed by atoms with van der Waals surface area (Å²) in [6.07, 6.45) is 0. The number of aliphatic hydroxyl groups is 1. The Kier molecular flexibility index (Phi) is 5.33. The van der Waals surface area contributed by atoms with Crippen molar-refractivity contribution in [3.8, 4) is 5.75 Å². The predicted molar refractivity (Wildman–Crippen MR) is 92.8 cm³/mol. The summed E-state index contributed by atoms with van der Waals surface area (Å²) in [7, 11) is 1.48. The Labute approximate surface area is 142 Å². The Morgan fingerprint density at radius 3 is 2.25 bits per heavy atom. The van der Waals surface area contributed by atoms with Gasteiger partial charge in [0.15, 0.2) is 11.6 Å². The van der Waals surface area contributed by atoms with Gasteiger partial charge in [-0.1, -0.05) is 24.3 Å². The second kappa shape index (κ2) is 7.64. The van der Waals surface area contributed by atoms with E-state index in [1.54, 1.807) is 12.1 Å². The van der Waals surface area contributed by atoms with E-state index in [2.05, 4.69) is 21.9 Å². The summed E-state index contributed by atoms with van der Waals surface area (Å²) in [6, 6.07) is 13.2. The minimum absolute atomic E-state index is 0.0807. The molecule has 0 spiro atoms. The highest BCUT2D eigenvalue weighted by Gasteiger charge is 2.18. The van der Waals surface area contributed by atoms with Gasteiger partial charge in [0, 0.05) is 44.5 Å². The first kappa shape index (κ1) is 16.7. The van der Waals surface area contributed by atoms with Gasteiger partial charge in [-0.25, -0.2) is 4.39 Å². The van der Waals surface area contributed by atoms with E-state index in [0.717, 1.165) is 44.0 Å². The molecule has 0 saturated carbocycles. The summed E-state index contributed by atoms with van der Waals surface area (Å²) in [5, 5.41) is 9.09. The molecule has 0 aromatic heterocycles. The van der Waals surface area contributed by atoms with Crippen LogP contribution in [0.15, 0.2) is 42.5 Å². The molecule has 1 N–H and O–H groups in total. The highest BCUT2D eigenvalue weighted by molar-refractivity contribution is 5.50. The minimum atomic E-state index is -0.318. The second-order valence-corrected chi connectivity index (χ2v) is 6.06. The molecule has 128 valence electrons. The number of hydrogen-bond acceptors (Lipinski definition) is 4. The van der Waals surface area contributed by atoms with Crippen molar-refractivity contribution in [3.63, 3.8) is 0 Å². The van der Waals surface area contributed by atoms with Crippen LogP contribution in [-0.2, 0) is 13.2 Å². The number of halogens is 1. The molecule has 3 rings (SSSR count). The van der Waals surface area contributed by atoms with E-state index in [4.69, 9.17) is 9.84 Å². The van der Waals surface area contributed by atoms with Crippen molar-refractivity contribution in [1.82, 2.24) is 4.90 Å². The van der Waals surface area contributed by atoms with Crippen molar-refractivity contribution in [3.05, 3.63) is 59.4 Å². The Morgan fingerprint density at radius 1 is 1.00 bits per heavy atom. The molecule has 1 fully saturated rings. The zero-order valence-corrected chi connectivity index (χ0v) is 13.9. The Morgan fingerprint density at radius 2 is 1.67 bits per heavy atom. The number of rotatable bonds is 5. The van der Waals surface area contributed by atoms with Crippen LogP contribution in [0.5, 0.6) is 5.75 Å². The fourth-order valence-electron chi connectivity index (χ4n) is 3.02. The van der Waals surface area contributed by atoms with E-state index in [9.17, 15) is 4.39 Å². The van der Waals surface area contributed by atoms with Crippen LogP contribution in [0.25, 0.3) is 0 Å². The molecule has 0 amide bonds. The number of aliphatic hydroxyl groups excluding tert-OH is 1. The first-order valence-corrected chi connectivity index (χ1v) is 8.19. The highest BCUT2D eigenvalue weighted by atomic mass is 19.1. The van der Waals surface area contributed by atoms with Crippen LogP contribution in [0, 0.1) is 5.82 Å². The first-order valence-electron chi connectivity index (χ1n) is 8.19. The normalized spacial score (nSPS) is 15.5. The van der Waals surface area contributed by atoms with E-state index in [-0.39, 0.29) is 18.2 Å². The van der Waals surface area contributed by atoms with Crippen LogP contribution in [0.1, 0.15) is 11.1 Å². The fraction of sp³-hybridized carbons (Fsp3) is 0.368. The van der Waals surface area contributed by atoms with Crippen molar-refractivity contribution in [1.29, 1.82) is 0 Å². The van der Waals surface area contributed by atoms with Crippen molar-refractivity contribution in [2.75, 3.05) is 38.2 Å². The van der Waals surface area contributed by atoms with E-state index in [1.807, 2.05) is 18.2 Å². The molecule has 1 aliphatic heterocycles. The number of benzene rings is 2. The smallest absolute Gasteiger partial charge is 0.167 e. The van der Waals surface area contributed by atoms with E-state index < -0.39 is 0 Å². The zero-order valence-electron chi connectivity index (χ0n) is 13.9. The van der Waals surface area contributed by atoms with Gasteiger partial charge in [0.05, 0.1) is 13.7 Å². The van der Waals surface area contributed by atoms with Crippen LogP contribution in [-0.4, -0.2) is 43.3 Å². The number of anilines is 1. The molecule has 1 saturated heterocycles. The largest absolute Gasteiger partial charge is 0.494 e. The maximum atomic E-state index is 13.9. The van der Waals surface area contributed by atoms with Gasteiger partial charge in [-0.2, -0.15) is 0 Å². The van der Waals surface area contributed by atoms with Crippen LogP contribution in [0.2, 0.25) is 0 Å². The van der Waals surface area contributed by atoms with Gasteiger partial charge < -0.3 is 14.7 Å². The molecule has 0 unspecified atom stereocenters. The molecule has 0 radical (unpaired) electrons. The maximum absolute atomic E-state index is 13.9. The van der Waals surface area contributed by atoms with Gasteiger partial charge in [0.2, 0.25) is 0 Å². The third-order valence-electron chi connectivity index (χ3n) is 4.48. The van der Waals surface area contributed by atoms with Gasteiger partial charge in [-0.3, -0.25) is 4.90 Å². The molecule has 2 aromatic carbocycles. The van der Waals surface area contributed by atoms with Gasteiger partial charge in [-0.05, 0) is 23.3 Å². The fourth-order valence-corrected chi connectivity index (χ4v) is 3.02. The number of methoxy groups -OCH3 is 1. The SMILES string of the molecule is COc1ccc(N2CCN(Cc3ccc(CO)cc3)CC2)cc1F. The molecule has 4 nitrogen and oxygen atoms in total. The van der Waals surface area contributed by atoms with Crippen LogP contribution >= 0.6 is 0 Å². The van der Waals surface area contributed by atoms with Crippen LogP contribution in [0.4, 0.5) is 10.1 Å². The highest BCUT2D eigenvalue weighted by Crippen LogP contribution is 2.24. The van der Waals surface area contributed by atoms with Crippen molar-refractivity contribution < 1.29 is 14.2 Å². The molecule has 0 atom stereocenters. The molecule has 0 aliphatic carbocycles. The van der Waals surface area contributed by atoms with E-state index in [1.165, 1.54) is 12.7 Å². The number of nitrogens with zero attached hydrogens (tertiary/aromatic N) is 2. The summed E-state index contributed by atoms with van der Waals surface area (Å²) in [5.41, 5.74) is 3.08. The topological polar surface area (TPSA) is 35.9 Å². The summed E-state index contributed by atoms with van der Waals surface area (Å²) < 4.78 is 18.8. The van der Waals surface area contributed by atoms with Gasteiger partial charge in [-0.15, -0.1) is 0 Å². The molecular formula is C19H23FN2O2. The quantitative estimate of drug-likeness (QED) is 0.914. The van der Waals surface area contributed by atoms with Gasteiger partial charge in [0.1, 0.15) is 0 Å². The molecule has 1 aliphatic rings. The summed E-state index contributed by atoms with van der Waals surface area (Å²) in [6.45, 7) is 4.61. The van der Waals surface area contributed by atoms with Gasteiger partial charge >= 0.3 is 0 Å². The molecule has 0 bridgehead atoms. The lowest BCUT2D eigenvalue weighted by molar-refractivity contribution is 0.249. The lowest BCUT2D eigenvalue weighted by Crippen LogP contribution is -2.46. The number of ether oxygens (including phenoxy) is 1. The van der Waals surface area contributed by atoms with Crippen LogP contribution < -0.4 is 9.64 Å². The van der Waals surface area contributed by atoms with E-state index >= 15 is 0 Å². The molecule has 2 aromatic rings. The van der Waals surface area contributed by atoms with E-state index in [0.29, 0.717) is 0 Å². The van der Waals surface area contributed by atoms with Gasteiger partial charge in [0.25, 0.3) is 0 Å². The van der Waals surface area contributed by atoms with Crippen LogP contribution in [0.3, 0.4) is 0 Å². The maximum Gasteiger partial charge on any atom is 0.167 e. The van der Waals surface area contributed by atoms with Crippen molar-refractivity contribution in [2.45, 2.75) is 13.2 Å². The third-order valence-corrected chi connectivity index (χ3v) is 4.48. The predicted octanol–water partition coefficient (Wildman–Crippen LogP) is 2.65. The standard InChI is InChI=1S/C19H23FN2O2/c1-24-19-7-6-17(12-18(19)20)22-10-8-21(9-11-22)13-15-2-4-16(14-23)5-3-15/h2-7,12,23H,8-11,13-14H2,1H3. The molecule has 5 heteroatoms. The third kappa shape index (κ3) is 3.86. The Bertz CT molecular complexity index is 668. The minimum Gasteiger partial charge on any atom is -0.494 e. The second-order valence-electron chi connectivity index (χ2n) is 6.06. The Hall–Kier alpha value is -2.11. The van der Waals surface area contributed by atoms with Crippen molar-refractivity contribution >= 4 is 5.69 Å². The van der Waals surface area contributed by atoms with Crippen molar-refractivity contribution in [2.24, 2.45) is 0 Å². The molecular weight excluding hydrogens is 307 g/mol. The summed E-state index contributed by atoms with van der Waals surface area (Å²) in [4.78, 5) is 4.60. The lowest BCUT2D eigenvalue weighted by atomic mass is 10.1. The molecule has 1 heterocycles. The lowest BCUT2D eigenvalue weighted by Gasteiger charge is -2.36. The summed E-state index contributed by atoms with van der Waals surface area (Å²) in [5.74, 6) is -0.0369. The molecule has 24 heavy (non-hydrogen) atoms. The first-order chi connectivity index (χ1) is 11.7. The number of hydrogen-bond donors (Lipinski definition) is 1. The zero-order chi connectivity index (χ0) is 16.9. The average molecular weight is 330 g/mol. The summed E-state index contributed by atoms with van der Waals surface area (Å²) >= 11 is 0. The number of piperazine rings is 1.